The molecule has 4 fully saturated rings. The van der Waals surface area contributed by atoms with E-state index < -0.39 is 44.1 Å². The Hall–Kier alpha value is -2.61. The van der Waals surface area contributed by atoms with Crippen molar-refractivity contribution in [2.45, 2.75) is 29.5 Å². The number of carbonyl (C=O) groups is 2. The highest BCUT2D eigenvalue weighted by atomic mass is 32.2. The van der Waals surface area contributed by atoms with Crippen LogP contribution in [0.5, 0.6) is 0 Å². The number of carbonyl (C=O) groups excluding carboxylic acids is 2. The van der Waals surface area contributed by atoms with Gasteiger partial charge < -0.3 is 19.9 Å². The molecule has 0 bridgehead atoms. The number of sulfonamides is 1. The Labute approximate surface area is 192 Å². The van der Waals surface area contributed by atoms with Gasteiger partial charge in [-0.1, -0.05) is 0 Å². The minimum atomic E-state index is -4.77. The van der Waals surface area contributed by atoms with Crippen molar-refractivity contribution >= 4 is 22.1 Å². The molecular weight excluding hydrogens is 484 g/mol. The molecule has 9 nitrogen and oxygen atoms in total. The van der Waals surface area contributed by atoms with Crippen LogP contribution in [-0.2, 0) is 20.9 Å². The number of ether oxygens (including phenoxy) is 1. The van der Waals surface area contributed by atoms with E-state index in [-0.39, 0.29) is 37.2 Å². The van der Waals surface area contributed by atoms with Crippen molar-refractivity contribution in [2.75, 3.05) is 45.9 Å². The first-order valence-electron chi connectivity index (χ1n) is 10.7. The second-order valence-corrected chi connectivity index (χ2v) is 11.4. The van der Waals surface area contributed by atoms with Gasteiger partial charge in [0, 0.05) is 31.6 Å². The molecule has 4 heterocycles. The minimum Gasteiger partial charge on any atom is -0.447 e. The van der Waals surface area contributed by atoms with Gasteiger partial charge in [0.15, 0.2) is 0 Å². The Morgan fingerprint density at radius 1 is 1.06 bits per heavy atom. The van der Waals surface area contributed by atoms with Crippen LogP contribution in [0.15, 0.2) is 23.1 Å². The number of benzene rings is 1. The highest BCUT2D eigenvalue weighted by molar-refractivity contribution is 7.89. The molecule has 1 N–H and O–H groups in total. The van der Waals surface area contributed by atoms with Crippen LogP contribution in [-0.4, -0.2) is 86.1 Å². The van der Waals surface area contributed by atoms with Crippen molar-refractivity contribution in [3.63, 3.8) is 0 Å². The van der Waals surface area contributed by atoms with Crippen molar-refractivity contribution in [3.05, 3.63) is 29.6 Å². The van der Waals surface area contributed by atoms with Crippen molar-refractivity contribution < 1.29 is 40.3 Å². The molecule has 186 valence electrons. The maximum Gasteiger partial charge on any atom is 0.416 e. The molecule has 4 saturated heterocycles. The normalized spacial score (nSPS) is 23.9. The third kappa shape index (κ3) is 3.76. The van der Waals surface area contributed by atoms with Gasteiger partial charge >= 0.3 is 18.3 Å². The van der Waals surface area contributed by atoms with Crippen LogP contribution >= 0.6 is 0 Å². The van der Waals surface area contributed by atoms with Gasteiger partial charge in [0.05, 0.1) is 18.7 Å². The topological polar surface area (TPSA) is 99.3 Å². The van der Waals surface area contributed by atoms with E-state index in [0.29, 0.717) is 51.2 Å². The monoisotopic (exact) mass is 506 g/mol. The summed E-state index contributed by atoms with van der Waals surface area (Å²) in [6.45, 7) is 2.05. The van der Waals surface area contributed by atoms with E-state index in [0.717, 1.165) is 4.31 Å². The Balaban J connectivity index is 1.16. The molecular formula is C20H22F4N4O5S. The maximum absolute atomic E-state index is 14.3. The molecule has 1 aromatic carbocycles. The molecule has 1 aromatic rings. The summed E-state index contributed by atoms with van der Waals surface area (Å²) >= 11 is 0. The summed E-state index contributed by atoms with van der Waals surface area (Å²) in [6.07, 6.45) is -4.37. The lowest BCUT2D eigenvalue weighted by Crippen LogP contribution is -2.73. The highest BCUT2D eigenvalue weighted by Crippen LogP contribution is 2.43. The molecule has 3 amide bonds. The first-order valence-corrected chi connectivity index (χ1v) is 12.1. The lowest BCUT2D eigenvalue weighted by molar-refractivity contribution is -0.137. The number of nitrogens with zero attached hydrogens (tertiary/aromatic N) is 3. The number of urea groups is 1. The summed E-state index contributed by atoms with van der Waals surface area (Å²) in [5.41, 5.74) is -2.01. The second kappa shape index (κ2) is 7.44. The molecule has 0 saturated carbocycles. The number of hydrogen-bond acceptors (Lipinski definition) is 5. The quantitative estimate of drug-likeness (QED) is 0.618. The van der Waals surface area contributed by atoms with Crippen molar-refractivity contribution in [1.82, 2.24) is 19.4 Å². The predicted octanol–water partition coefficient (Wildman–Crippen LogP) is 1.85. The average Bonchev–Trinajstić information content (AvgIpc) is 3.11. The van der Waals surface area contributed by atoms with Crippen LogP contribution in [0.1, 0.15) is 18.4 Å². The third-order valence-corrected chi connectivity index (χ3v) is 9.02. The fourth-order valence-corrected chi connectivity index (χ4v) is 6.61. The number of nitrogens with one attached hydrogen (secondary N) is 1. The summed E-state index contributed by atoms with van der Waals surface area (Å²) in [5.74, 6) is -1.44. The first-order chi connectivity index (χ1) is 15.8. The number of cyclic esters (lactones) is 1. The maximum atomic E-state index is 14.3. The van der Waals surface area contributed by atoms with Gasteiger partial charge in [-0.2, -0.15) is 17.5 Å². The summed E-state index contributed by atoms with van der Waals surface area (Å²) in [4.78, 5) is 26.4. The Morgan fingerprint density at radius 2 is 1.68 bits per heavy atom. The Morgan fingerprint density at radius 3 is 2.21 bits per heavy atom. The molecule has 4 aliphatic heterocycles. The molecule has 2 spiro atoms. The van der Waals surface area contributed by atoms with E-state index in [9.17, 15) is 35.6 Å². The number of hydrogen-bond donors (Lipinski definition) is 1. The van der Waals surface area contributed by atoms with E-state index in [2.05, 4.69) is 5.32 Å². The highest BCUT2D eigenvalue weighted by Gasteiger charge is 2.55. The molecule has 5 rings (SSSR count). The molecule has 0 radical (unpaired) electrons. The van der Waals surface area contributed by atoms with Crippen LogP contribution in [0.4, 0.5) is 27.2 Å². The van der Waals surface area contributed by atoms with E-state index >= 15 is 0 Å². The van der Waals surface area contributed by atoms with Gasteiger partial charge in [-0.25, -0.2) is 22.4 Å². The van der Waals surface area contributed by atoms with Crippen LogP contribution in [0.2, 0.25) is 0 Å². The molecule has 14 heteroatoms. The summed E-state index contributed by atoms with van der Waals surface area (Å²) in [7, 11) is -4.29. The number of amides is 3. The third-order valence-electron chi connectivity index (χ3n) is 7.09. The van der Waals surface area contributed by atoms with Crippen LogP contribution < -0.4 is 5.32 Å². The zero-order chi connectivity index (χ0) is 24.5. The van der Waals surface area contributed by atoms with Gasteiger partial charge in [0.2, 0.25) is 10.0 Å². The number of likely N-dealkylation sites (tertiary alicyclic amines) is 2. The van der Waals surface area contributed by atoms with Gasteiger partial charge in [-0.15, -0.1) is 0 Å². The van der Waals surface area contributed by atoms with E-state index in [1.165, 1.54) is 0 Å². The van der Waals surface area contributed by atoms with Gasteiger partial charge in [-0.3, -0.25) is 0 Å². The van der Waals surface area contributed by atoms with Crippen LogP contribution in [0.25, 0.3) is 0 Å². The van der Waals surface area contributed by atoms with E-state index in [4.69, 9.17) is 4.74 Å². The van der Waals surface area contributed by atoms with Crippen molar-refractivity contribution in [3.8, 4) is 0 Å². The van der Waals surface area contributed by atoms with Gasteiger partial charge in [0.25, 0.3) is 0 Å². The molecule has 0 aliphatic carbocycles. The standard InChI is InChI=1S/C20H22F4N4O5S/c21-14-7-13(20(22,23)24)1-2-15(14)34(31,32)28-5-3-18(4-6-28)8-26(9-18)17(30)27-10-19(11-27)12-33-16(29)25-19/h1-2,7H,3-6,8-12H2,(H,25,29). The fraction of sp³-hybridized carbons (Fsp3) is 0.600. The summed E-state index contributed by atoms with van der Waals surface area (Å²) < 4.78 is 84.2. The number of rotatable bonds is 2. The number of alkyl halides is 3. The van der Waals surface area contributed by atoms with E-state index in [1.54, 1.807) is 9.80 Å². The average molecular weight is 506 g/mol. The van der Waals surface area contributed by atoms with Gasteiger partial charge in [-0.05, 0) is 31.0 Å². The lowest BCUT2D eigenvalue weighted by Gasteiger charge is -2.56. The molecule has 0 aromatic heterocycles. The summed E-state index contributed by atoms with van der Waals surface area (Å²) in [5, 5.41) is 2.71. The molecule has 0 atom stereocenters. The molecule has 34 heavy (non-hydrogen) atoms. The minimum absolute atomic E-state index is 0.0843. The first kappa shape index (κ1) is 23.1. The predicted molar refractivity (Wildman–Crippen MR) is 108 cm³/mol. The second-order valence-electron chi connectivity index (χ2n) is 9.52. The smallest absolute Gasteiger partial charge is 0.416 e. The number of halogens is 4. The number of alkyl carbamates (subject to hydrolysis) is 1. The van der Waals surface area contributed by atoms with Gasteiger partial charge in [0.1, 0.15) is 22.9 Å². The molecule has 0 unspecified atom stereocenters. The van der Waals surface area contributed by atoms with E-state index in [1.807, 2.05) is 0 Å². The summed E-state index contributed by atoms with van der Waals surface area (Å²) in [6, 6.07) is 1.25. The van der Waals surface area contributed by atoms with Crippen LogP contribution in [0.3, 0.4) is 0 Å². The SMILES string of the molecule is O=C1NC2(CO1)CN(C(=O)N1CC3(CCN(S(=O)(=O)c4ccc(C(F)(F)F)cc4F)CC3)C1)C2. The Bertz CT molecular complexity index is 1140. The largest absolute Gasteiger partial charge is 0.447 e. The van der Waals surface area contributed by atoms with Crippen molar-refractivity contribution in [1.29, 1.82) is 0 Å². The molecule has 4 aliphatic rings. The lowest BCUT2D eigenvalue weighted by atomic mass is 9.72. The zero-order valence-corrected chi connectivity index (χ0v) is 18.7. The Kier molecular flexibility index (Phi) is 5.07. The van der Waals surface area contributed by atoms with Crippen LogP contribution in [0, 0.1) is 11.2 Å². The number of piperidine rings is 1. The fourth-order valence-electron chi connectivity index (χ4n) is 5.12. The zero-order valence-electron chi connectivity index (χ0n) is 17.9. The van der Waals surface area contributed by atoms with Crippen molar-refractivity contribution in [2.24, 2.45) is 5.41 Å².